The van der Waals surface area contributed by atoms with Crippen LogP contribution in [0.15, 0.2) is 33.7 Å². The van der Waals surface area contributed by atoms with Crippen molar-refractivity contribution in [3.8, 4) is 0 Å². The zero-order valence-corrected chi connectivity index (χ0v) is 20.3. The molecule has 1 aromatic carbocycles. The van der Waals surface area contributed by atoms with Crippen LogP contribution in [0.3, 0.4) is 0 Å². The molecule has 7 nitrogen and oxygen atoms in total. The van der Waals surface area contributed by atoms with Gasteiger partial charge < -0.3 is 20.7 Å². The summed E-state index contributed by atoms with van der Waals surface area (Å²) in [6, 6.07) is 7.55. The lowest BCUT2D eigenvalue weighted by Gasteiger charge is -2.26. The molecule has 0 aliphatic carbocycles. The van der Waals surface area contributed by atoms with Gasteiger partial charge in [0.15, 0.2) is 5.96 Å². The van der Waals surface area contributed by atoms with Gasteiger partial charge in [0.2, 0.25) is 5.91 Å². The van der Waals surface area contributed by atoms with Gasteiger partial charge in [0.1, 0.15) is 0 Å². The Morgan fingerprint density at radius 1 is 1.21 bits per heavy atom. The molecule has 1 amide bonds. The molecule has 3 N–H and O–H groups in total. The van der Waals surface area contributed by atoms with E-state index in [4.69, 9.17) is 4.74 Å². The first-order valence-corrected chi connectivity index (χ1v) is 10.3. The van der Waals surface area contributed by atoms with E-state index in [2.05, 4.69) is 41.8 Å². The normalized spacial score (nSPS) is 14.9. The molecular formula is C19H31BrIN5O2. The lowest BCUT2D eigenvalue weighted by atomic mass is 10.3. The van der Waals surface area contributed by atoms with Crippen LogP contribution in [0.2, 0.25) is 0 Å². The molecule has 0 unspecified atom stereocenters. The van der Waals surface area contributed by atoms with Gasteiger partial charge in [-0.1, -0.05) is 15.9 Å². The summed E-state index contributed by atoms with van der Waals surface area (Å²) < 4.78 is 6.35. The van der Waals surface area contributed by atoms with Crippen LogP contribution in [0.4, 0.5) is 5.69 Å². The maximum atomic E-state index is 12.0. The van der Waals surface area contributed by atoms with Crippen LogP contribution < -0.4 is 16.0 Å². The monoisotopic (exact) mass is 567 g/mol. The number of aliphatic imine (C=N–C) groups is 1. The van der Waals surface area contributed by atoms with Crippen LogP contribution in [0.5, 0.6) is 0 Å². The summed E-state index contributed by atoms with van der Waals surface area (Å²) in [7, 11) is 0. The fraction of sp³-hybridized carbons (Fsp3) is 0.579. The van der Waals surface area contributed by atoms with Gasteiger partial charge in [-0.2, -0.15) is 0 Å². The number of hydrogen-bond acceptors (Lipinski definition) is 4. The summed E-state index contributed by atoms with van der Waals surface area (Å²) >= 11 is 3.38. The van der Waals surface area contributed by atoms with Gasteiger partial charge in [-0.05, 0) is 37.6 Å². The molecule has 9 heteroatoms. The Kier molecular flexibility index (Phi) is 13.5. The zero-order valence-electron chi connectivity index (χ0n) is 16.4. The highest BCUT2D eigenvalue weighted by Gasteiger charge is 2.09. The third-order valence-electron chi connectivity index (χ3n) is 4.12. The Morgan fingerprint density at radius 3 is 2.61 bits per heavy atom. The minimum Gasteiger partial charge on any atom is -0.379 e. The van der Waals surface area contributed by atoms with E-state index in [0.29, 0.717) is 13.0 Å². The molecule has 0 atom stereocenters. The molecule has 2 rings (SSSR count). The second-order valence-corrected chi connectivity index (χ2v) is 7.22. The molecule has 0 spiro atoms. The number of nitrogens with one attached hydrogen (secondary N) is 3. The third-order valence-corrected chi connectivity index (χ3v) is 4.65. The van der Waals surface area contributed by atoms with Crippen molar-refractivity contribution >= 4 is 57.5 Å². The van der Waals surface area contributed by atoms with Crippen molar-refractivity contribution in [3.63, 3.8) is 0 Å². The summed E-state index contributed by atoms with van der Waals surface area (Å²) in [5, 5.41) is 9.33. The number of carbonyl (C=O) groups is 1. The highest BCUT2D eigenvalue weighted by Crippen LogP contribution is 2.14. The number of amides is 1. The molecule has 0 bridgehead atoms. The zero-order chi connectivity index (χ0) is 19.3. The molecule has 1 fully saturated rings. The number of ether oxygens (including phenoxy) is 1. The number of nitrogens with zero attached hydrogens (tertiary/aromatic N) is 2. The van der Waals surface area contributed by atoms with Gasteiger partial charge in [-0.15, -0.1) is 24.0 Å². The topological polar surface area (TPSA) is 78.0 Å². The van der Waals surface area contributed by atoms with Gasteiger partial charge in [-0.25, -0.2) is 0 Å². The van der Waals surface area contributed by atoms with E-state index in [1.807, 2.05) is 31.2 Å². The Labute approximate surface area is 193 Å². The summed E-state index contributed by atoms with van der Waals surface area (Å²) in [6.07, 6.45) is 1.40. The van der Waals surface area contributed by atoms with Crippen molar-refractivity contribution in [1.82, 2.24) is 15.5 Å². The standard InChI is InChI=1S/C19H30BrN5O2.HI/c1-2-21-19(22-9-3-11-25-12-14-27-15-13-25)23-10-8-18(26)24-17-6-4-16(20)5-7-17;/h4-7H,2-3,8-15H2,1H3,(H,24,26)(H2,21,22,23);1H. The molecule has 1 aliphatic rings. The van der Waals surface area contributed by atoms with Gasteiger partial charge >= 0.3 is 0 Å². The molecule has 0 saturated carbocycles. The van der Waals surface area contributed by atoms with Crippen LogP contribution >= 0.6 is 39.9 Å². The first kappa shape index (κ1) is 25.1. The van der Waals surface area contributed by atoms with Crippen LogP contribution in [0, 0.1) is 0 Å². The molecule has 1 saturated heterocycles. The Balaban J connectivity index is 0.00000392. The summed E-state index contributed by atoms with van der Waals surface area (Å²) in [4.78, 5) is 19.0. The molecule has 0 radical (unpaired) electrons. The van der Waals surface area contributed by atoms with E-state index in [1.165, 1.54) is 0 Å². The van der Waals surface area contributed by atoms with E-state index >= 15 is 0 Å². The molecule has 1 heterocycles. The number of morpholine rings is 1. The van der Waals surface area contributed by atoms with Gasteiger partial charge in [0.25, 0.3) is 0 Å². The summed E-state index contributed by atoms with van der Waals surface area (Å²) in [5.74, 6) is 0.740. The number of anilines is 1. The number of guanidine groups is 1. The largest absolute Gasteiger partial charge is 0.379 e. The third kappa shape index (κ3) is 10.6. The van der Waals surface area contributed by atoms with Crippen LogP contribution in [0.1, 0.15) is 19.8 Å². The maximum Gasteiger partial charge on any atom is 0.226 e. The molecular weight excluding hydrogens is 537 g/mol. The summed E-state index contributed by atoms with van der Waals surface area (Å²) in [6.45, 7) is 8.85. The van der Waals surface area contributed by atoms with E-state index in [-0.39, 0.29) is 29.9 Å². The quantitative estimate of drug-likeness (QED) is 0.185. The van der Waals surface area contributed by atoms with Gasteiger partial charge in [0, 0.05) is 55.8 Å². The fourth-order valence-corrected chi connectivity index (χ4v) is 2.97. The van der Waals surface area contributed by atoms with Crippen LogP contribution in [-0.4, -0.2) is 69.2 Å². The van der Waals surface area contributed by atoms with E-state index in [9.17, 15) is 4.79 Å². The second kappa shape index (κ2) is 15.0. The second-order valence-electron chi connectivity index (χ2n) is 6.30. The van der Waals surface area contributed by atoms with Crippen molar-refractivity contribution in [2.24, 2.45) is 4.99 Å². The molecule has 1 aromatic rings. The minimum atomic E-state index is -0.0204. The molecule has 158 valence electrons. The lowest BCUT2D eigenvalue weighted by molar-refractivity contribution is -0.116. The number of carbonyl (C=O) groups excluding carboxylic acids is 1. The predicted molar refractivity (Wildman–Crippen MR) is 129 cm³/mol. The van der Waals surface area contributed by atoms with Crippen molar-refractivity contribution in [3.05, 3.63) is 28.7 Å². The first-order valence-electron chi connectivity index (χ1n) is 9.55. The molecule has 1 aliphatic heterocycles. The fourth-order valence-electron chi connectivity index (χ4n) is 2.70. The Morgan fingerprint density at radius 2 is 1.93 bits per heavy atom. The number of halogens is 2. The van der Waals surface area contributed by atoms with E-state index < -0.39 is 0 Å². The van der Waals surface area contributed by atoms with Crippen molar-refractivity contribution < 1.29 is 9.53 Å². The average molecular weight is 568 g/mol. The maximum absolute atomic E-state index is 12.0. The van der Waals surface area contributed by atoms with Gasteiger partial charge in [0.05, 0.1) is 13.2 Å². The Hall–Kier alpha value is -0.910. The average Bonchev–Trinajstić information content (AvgIpc) is 2.68. The predicted octanol–water partition coefficient (Wildman–Crippen LogP) is 2.67. The SMILES string of the molecule is CCNC(=NCCCN1CCOCC1)NCCC(=O)Nc1ccc(Br)cc1.I. The van der Waals surface area contributed by atoms with E-state index in [1.54, 1.807) is 0 Å². The smallest absolute Gasteiger partial charge is 0.226 e. The summed E-state index contributed by atoms with van der Waals surface area (Å²) in [5.41, 5.74) is 0.798. The molecule has 0 aromatic heterocycles. The lowest BCUT2D eigenvalue weighted by Crippen LogP contribution is -2.39. The van der Waals surface area contributed by atoms with Gasteiger partial charge in [-0.3, -0.25) is 14.7 Å². The van der Waals surface area contributed by atoms with Crippen molar-refractivity contribution in [2.75, 3.05) is 57.8 Å². The minimum absolute atomic E-state index is 0. The Bertz CT molecular complexity index is 594. The van der Waals surface area contributed by atoms with Crippen molar-refractivity contribution in [1.29, 1.82) is 0 Å². The highest BCUT2D eigenvalue weighted by molar-refractivity contribution is 14.0. The van der Waals surface area contributed by atoms with Crippen molar-refractivity contribution in [2.45, 2.75) is 19.8 Å². The van der Waals surface area contributed by atoms with Crippen LogP contribution in [-0.2, 0) is 9.53 Å². The number of benzene rings is 1. The van der Waals surface area contributed by atoms with E-state index in [0.717, 1.165) is 68.5 Å². The first-order chi connectivity index (χ1) is 13.2. The number of rotatable bonds is 9. The molecule has 28 heavy (non-hydrogen) atoms. The highest BCUT2D eigenvalue weighted by atomic mass is 127. The number of hydrogen-bond donors (Lipinski definition) is 3. The van der Waals surface area contributed by atoms with Crippen LogP contribution in [0.25, 0.3) is 0 Å².